The van der Waals surface area contributed by atoms with Crippen molar-refractivity contribution < 1.29 is 4.42 Å². The van der Waals surface area contributed by atoms with Gasteiger partial charge in [0.1, 0.15) is 11.2 Å². The minimum atomic E-state index is -0.0562. The summed E-state index contributed by atoms with van der Waals surface area (Å²) in [4.78, 5) is 6.90. The van der Waals surface area contributed by atoms with Crippen molar-refractivity contribution in [3.05, 3.63) is 205 Å². The Morgan fingerprint density at radius 3 is 1.96 bits per heavy atom. The summed E-state index contributed by atoms with van der Waals surface area (Å²) >= 11 is 0. The maximum absolute atomic E-state index is 6.66. The summed E-state index contributed by atoms with van der Waals surface area (Å²) in [5, 5.41) is 4.65. The van der Waals surface area contributed by atoms with Crippen LogP contribution in [0.4, 0.5) is 11.4 Å². The highest BCUT2D eigenvalue weighted by atomic mass is 16.3. The lowest BCUT2D eigenvalue weighted by molar-refractivity contribution is 0.648. The van der Waals surface area contributed by atoms with Crippen LogP contribution in [0.5, 0.6) is 0 Å². The molecule has 2 heterocycles. The lowest BCUT2D eigenvalue weighted by Gasteiger charge is -2.33. The van der Waals surface area contributed by atoms with Crippen LogP contribution in [0, 0.1) is 0 Å². The largest absolute Gasteiger partial charge is 0.456 e. The van der Waals surface area contributed by atoms with Crippen molar-refractivity contribution >= 4 is 49.7 Å². The molecule has 3 nitrogen and oxygen atoms in total. The predicted molar refractivity (Wildman–Crippen MR) is 238 cm³/mol. The molecule has 0 spiro atoms. The van der Waals surface area contributed by atoms with Gasteiger partial charge in [-0.3, -0.25) is 4.98 Å². The zero-order valence-corrected chi connectivity index (χ0v) is 32.0. The Balaban J connectivity index is 1.04. The molecule has 11 rings (SSSR count). The summed E-state index contributed by atoms with van der Waals surface area (Å²) in [6.45, 7) is 4.76. The lowest BCUT2D eigenvalue weighted by atomic mass is 9.79. The smallest absolute Gasteiger partial charge is 0.136 e. The van der Waals surface area contributed by atoms with E-state index in [9.17, 15) is 0 Å². The number of fused-ring (bicyclic) bond motifs is 7. The Labute approximate surface area is 332 Å². The quantitative estimate of drug-likeness (QED) is 0.170. The Morgan fingerprint density at radius 1 is 0.526 bits per heavy atom. The number of furan rings is 1. The van der Waals surface area contributed by atoms with Gasteiger partial charge in [-0.2, -0.15) is 0 Å². The number of anilines is 2. The average Bonchev–Trinajstić information content (AvgIpc) is 3.76. The molecule has 0 unspecified atom stereocenters. The van der Waals surface area contributed by atoms with E-state index < -0.39 is 0 Å². The van der Waals surface area contributed by atoms with Gasteiger partial charge in [-0.25, -0.2) is 0 Å². The molecule has 0 amide bonds. The zero-order valence-electron chi connectivity index (χ0n) is 32.0. The van der Waals surface area contributed by atoms with Crippen molar-refractivity contribution in [2.24, 2.45) is 0 Å². The molecule has 0 N–H and O–H groups in total. The number of allylic oxidation sites excluding steroid dienone is 4. The molecule has 2 aromatic heterocycles. The highest BCUT2D eigenvalue weighted by Gasteiger charge is 2.38. The van der Waals surface area contributed by atoms with Gasteiger partial charge in [-0.15, -0.1) is 0 Å². The van der Waals surface area contributed by atoms with Gasteiger partial charge in [-0.05, 0) is 122 Å². The maximum Gasteiger partial charge on any atom is 0.136 e. The van der Waals surface area contributed by atoms with Gasteiger partial charge < -0.3 is 9.32 Å². The van der Waals surface area contributed by atoms with Crippen LogP contribution in [0.1, 0.15) is 37.8 Å². The zero-order chi connectivity index (χ0) is 38.1. The first-order chi connectivity index (χ1) is 28.0. The number of hydrogen-bond donors (Lipinski definition) is 0. The molecule has 272 valence electrons. The van der Waals surface area contributed by atoms with Gasteiger partial charge >= 0.3 is 0 Å². The molecule has 0 saturated carbocycles. The fourth-order valence-corrected chi connectivity index (χ4v) is 9.55. The molecule has 7 aromatic carbocycles. The minimum Gasteiger partial charge on any atom is -0.456 e. The third kappa shape index (κ3) is 5.38. The van der Waals surface area contributed by atoms with Crippen LogP contribution in [0.15, 0.2) is 198 Å². The second-order valence-corrected chi connectivity index (χ2v) is 15.9. The summed E-state index contributed by atoms with van der Waals surface area (Å²) in [6, 6.07) is 59.2. The number of rotatable bonds is 6. The van der Waals surface area contributed by atoms with E-state index in [1.807, 2.05) is 18.5 Å². The van der Waals surface area contributed by atoms with Gasteiger partial charge in [0.2, 0.25) is 0 Å². The third-order valence-corrected chi connectivity index (χ3v) is 12.3. The van der Waals surface area contributed by atoms with Crippen molar-refractivity contribution in [2.75, 3.05) is 4.90 Å². The summed E-state index contributed by atoms with van der Waals surface area (Å²) < 4.78 is 6.66. The monoisotopic (exact) mass is 732 g/mol. The number of benzene rings is 7. The van der Waals surface area contributed by atoms with E-state index in [2.05, 4.69) is 188 Å². The fraction of sp³-hybridized carbons (Fsp3) is 0.0926. The first kappa shape index (κ1) is 33.4. The fourth-order valence-electron chi connectivity index (χ4n) is 9.55. The summed E-state index contributed by atoms with van der Waals surface area (Å²) in [7, 11) is 0. The first-order valence-electron chi connectivity index (χ1n) is 19.9. The van der Waals surface area contributed by atoms with Crippen molar-refractivity contribution in [3.8, 4) is 33.4 Å². The Hall–Kier alpha value is -6.97. The molecule has 2 aliphatic rings. The molecule has 9 aromatic rings. The SMILES string of the molecule is CC1(C)C2=C(CCC(N(c3ccc(-c4ccccc4)cc3)c3ccc(-c4cc5oc6cccc(-c7cccnc7)c6c5c5ccccc45)cc3)=C2)c2ccccc21. The normalized spacial score (nSPS) is 14.5. The van der Waals surface area contributed by atoms with E-state index in [1.165, 1.54) is 49.9 Å². The van der Waals surface area contributed by atoms with Crippen LogP contribution in [0.2, 0.25) is 0 Å². The van der Waals surface area contributed by atoms with Crippen molar-refractivity contribution in [1.82, 2.24) is 4.98 Å². The molecular weight excluding hydrogens is 693 g/mol. The molecule has 0 bridgehead atoms. The molecular formula is C54H40N2O. The van der Waals surface area contributed by atoms with Gasteiger partial charge in [0.05, 0.1) is 0 Å². The van der Waals surface area contributed by atoms with E-state index in [0.29, 0.717) is 0 Å². The van der Waals surface area contributed by atoms with Crippen LogP contribution in [-0.4, -0.2) is 4.98 Å². The van der Waals surface area contributed by atoms with E-state index in [1.54, 1.807) is 0 Å². The molecule has 0 radical (unpaired) electrons. The molecule has 3 heteroatoms. The topological polar surface area (TPSA) is 29.3 Å². The number of nitrogens with zero attached hydrogens (tertiary/aromatic N) is 2. The molecule has 0 aliphatic heterocycles. The van der Waals surface area contributed by atoms with Gasteiger partial charge in [-0.1, -0.05) is 135 Å². The highest BCUT2D eigenvalue weighted by molar-refractivity contribution is 6.25. The van der Waals surface area contributed by atoms with Crippen molar-refractivity contribution in [3.63, 3.8) is 0 Å². The summed E-state index contributed by atoms with van der Waals surface area (Å²) in [5.41, 5.74) is 18.0. The predicted octanol–water partition coefficient (Wildman–Crippen LogP) is 14.7. The highest BCUT2D eigenvalue weighted by Crippen LogP contribution is 2.52. The van der Waals surface area contributed by atoms with Crippen molar-refractivity contribution in [1.29, 1.82) is 0 Å². The van der Waals surface area contributed by atoms with E-state index >= 15 is 0 Å². The second kappa shape index (κ2) is 13.1. The molecule has 0 atom stereocenters. The summed E-state index contributed by atoms with van der Waals surface area (Å²) in [6.07, 6.45) is 8.21. The van der Waals surface area contributed by atoms with Gasteiger partial charge in [0, 0.05) is 51.2 Å². The number of aromatic nitrogens is 1. The standard InChI is InChI=1S/C54H40N2O/c1-54(2)48-19-9-8-16-44(48)45-30-29-41(32-49(45)54)56(39-25-21-36(22-26-39)35-12-4-3-5-13-35)40-27-23-37(24-28-40)47-33-51-53(46-17-7-6-15-43(46)47)52-42(18-10-20-50(52)57-51)38-14-11-31-55-34-38/h3-28,31-34H,29-30H2,1-2H3. The number of hydrogen-bond acceptors (Lipinski definition) is 3. The Bertz CT molecular complexity index is 3060. The van der Waals surface area contributed by atoms with E-state index in [4.69, 9.17) is 4.42 Å². The minimum absolute atomic E-state index is 0.0562. The molecule has 2 aliphatic carbocycles. The molecule has 57 heavy (non-hydrogen) atoms. The maximum atomic E-state index is 6.66. The Kier molecular flexibility index (Phi) is 7.65. The van der Waals surface area contributed by atoms with E-state index in [-0.39, 0.29) is 5.41 Å². The Morgan fingerprint density at radius 2 is 1.19 bits per heavy atom. The number of pyridine rings is 1. The second-order valence-electron chi connectivity index (χ2n) is 15.9. The van der Waals surface area contributed by atoms with Crippen LogP contribution in [0.3, 0.4) is 0 Å². The summed E-state index contributed by atoms with van der Waals surface area (Å²) in [5.74, 6) is 0. The van der Waals surface area contributed by atoms with Gasteiger partial charge in [0.15, 0.2) is 0 Å². The lowest BCUT2D eigenvalue weighted by Crippen LogP contribution is -2.22. The average molecular weight is 733 g/mol. The van der Waals surface area contributed by atoms with E-state index in [0.717, 1.165) is 68.4 Å². The van der Waals surface area contributed by atoms with Crippen LogP contribution in [0.25, 0.3) is 71.7 Å². The van der Waals surface area contributed by atoms with Gasteiger partial charge in [0.25, 0.3) is 0 Å². The third-order valence-electron chi connectivity index (χ3n) is 12.3. The van der Waals surface area contributed by atoms with Crippen LogP contribution < -0.4 is 4.90 Å². The van der Waals surface area contributed by atoms with Crippen LogP contribution in [-0.2, 0) is 5.41 Å². The van der Waals surface area contributed by atoms with Crippen molar-refractivity contribution in [2.45, 2.75) is 32.1 Å². The molecule has 0 saturated heterocycles. The molecule has 0 fully saturated rings. The van der Waals surface area contributed by atoms with Crippen LogP contribution >= 0.6 is 0 Å². The first-order valence-corrected chi connectivity index (χ1v) is 19.9.